The summed E-state index contributed by atoms with van der Waals surface area (Å²) in [5.74, 6) is 0. The Bertz CT molecular complexity index is 132. The molecule has 0 amide bonds. The molecule has 0 bridgehead atoms. The van der Waals surface area contributed by atoms with Gasteiger partial charge < -0.3 is 5.32 Å². The Balaban J connectivity index is 4.11. The van der Waals surface area contributed by atoms with Crippen LogP contribution in [0.3, 0.4) is 0 Å². The van der Waals surface area contributed by atoms with Crippen molar-refractivity contribution >= 4 is 0 Å². The molecule has 0 radical (unpaired) electrons. The van der Waals surface area contributed by atoms with E-state index in [1.165, 1.54) is 6.42 Å². The van der Waals surface area contributed by atoms with Crippen LogP contribution < -0.4 is 5.32 Å². The highest BCUT2D eigenvalue weighted by Crippen LogP contribution is 2.09. The number of likely N-dealkylation sites (N-methyl/N-ethyl adjacent to an activating group) is 2. The van der Waals surface area contributed by atoms with Crippen molar-refractivity contribution < 1.29 is 0 Å². The fraction of sp³-hybridized carbons (Fsp3) is 1.00. The summed E-state index contributed by atoms with van der Waals surface area (Å²) in [6, 6.07) is 0.692. The summed E-state index contributed by atoms with van der Waals surface area (Å²) in [5, 5.41) is 3.34. The van der Waals surface area contributed by atoms with E-state index in [9.17, 15) is 0 Å². The van der Waals surface area contributed by atoms with Gasteiger partial charge in [0.25, 0.3) is 0 Å². The van der Waals surface area contributed by atoms with Crippen LogP contribution in [0, 0.1) is 0 Å². The van der Waals surface area contributed by atoms with E-state index in [0.29, 0.717) is 6.04 Å². The molecule has 0 aromatic heterocycles. The summed E-state index contributed by atoms with van der Waals surface area (Å²) in [6.45, 7) is 13.5. The summed E-state index contributed by atoms with van der Waals surface area (Å²) in [5.41, 5.74) is 0.222. The van der Waals surface area contributed by atoms with E-state index in [1.54, 1.807) is 0 Å². The minimum Gasteiger partial charge on any atom is -0.314 e. The van der Waals surface area contributed by atoms with E-state index in [1.807, 2.05) is 7.05 Å². The third kappa shape index (κ3) is 4.63. The molecule has 0 aliphatic carbocycles. The number of nitrogens with zero attached hydrogens (tertiary/aromatic N) is 1. The van der Waals surface area contributed by atoms with Crippen molar-refractivity contribution in [1.29, 1.82) is 0 Å². The molecule has 0 heterocycles. The SMILES string of the molecule is CCC(C)N(CC)CC(C)(C)NC. The smallest absolute Gasteiger partial charge is 0.0249 e. The summed E-state index contributed by atoms with van der Waals surface area (Å²) < 4.78 is 0. The van der Waals surface area contributed by atoms with Crippen molar-refractivity contribution in [2.24, 2.45) is 0 Å². The molecule has 0 aliphatic heterocycles. The molecule has 0 aromatic rings. The van der Waals surface area contributed by atoms with E-state index in [4.69, 9.17) is 0 Å². The van der Waals surface area contributed by atoms with Gasteiger partial charge in [-0.2, -0.15) is 0 Å². The lowest BCUT2D eigenvalue weighted by Gasteiger charge is -2.35. The molecule has 2 nitrogen and oxygen atoms in total. The number of nitrogens with one attached hydrogen (secondary N) is 1. The largest absolute Gasteiger partial charge is 0.314 e. The van der Waals surface area contributed by atoms with Crippen molar-refractivity contribution in [3.63, 3.8) is 0 Å². The average molecular weight is 186 g/mol. The number of rotatable bonds is 6. The summed E-state index contributed by atoms with van der Waals surface area (Å²) >= 11 is 0. The maximum atomic E-state index is 3.34. The first-order valence-electron chi connectivity index (χ1n) is 5.39. The molecule has 1 unspecified atom stereocenters. The third-order valence-electron chi connectivity index (χ3n) is 2.90. The third-order valence-corrected chi connectivity index (χ3v) is 2.90. The molecule has 0 fully saturated rings. The second-order valence-electron chi connectivity index (χ2n) is 4.45. The maximum Gasteiger partial charge on any atom is 0.0249 e. The van der Waals surface area contributed by atoms with E-state index in [2.05, 4.69) is 44.8 Å². The Morgan fingerprint density at radius 2 is 1.85 bits per heavy atom. The van der Waals surface area contributed by atoms with Crippen LogP contribution in [0.25, 0.3) is 0 Å². The van der Waals surface area contributed by atoms with Crippen LogP contribution in [0.5, 0.6) is 0 Å². The van der Waals surface area contributed by atoms with E-state index < -0.39 is 0 Å². The maximum absolute atomic E-state index is 3.34. The van der Waals surface area contributed by atoms with E-state index in [0.717, 1.165) is 13.1 Å². The molecular weight excluding hydrogens is 160 g/mol. The second-order valence-corrected chi connectivity index (χ2v) is 4.45. The van der Waals surface area contributed by atoms with Crippen molar-refractivity contribution in [3.05, 3.63) is 0 Å². The highest BCUT2D eigenvalue weighted by molar-refractivity contribution is 4.81. The van der Waals surface area contributed by atoms with Gasteiger partial charge in [-0.1, -0.05) is 13.8 Å². The van der Waals surface area contributed by atoms with Gasteiger partial charge in [-0.05, 0) is 40.8 Å². The van der Waals surface area contributed by atoms with Gasteiger partial charge in [0.05, 0.1) is 0 Å². The zero-order chi connectivity index (χ0) is 10.5. The first kappa shape index (κ1) is 12.9. The van der Waals surface area contributed by atoms with Crippen molar-refractivity contribution in [1.82, 2.24) is 10.2 Å². The van der Waals surface area contributed by atoms with Crippen molar-refractivity contribution in [2.75, 3.05) is 20.1 Å². The molecule has 1 atom stereocenters. The van der Waals surface area contributed by atoms with Gasteiger partial charge in [-0.25, -0.2) is 0 Å². The Kier molecular flexibility index (Phi) is 5.57. The quantitative estimate of drug-likeness (QED) is 0.683. The Labute approximate surface area is 83.7 Å². The zero-order valence-corrected chi connectivity index (χ0v) is 10.1. The molecular formula is C11H26N2. The summed E-state index contributed by atoms with van der Waals surface area (Å²) in [4.78, 5) is 2.52. The van der Waals surface area contributed by atoms with E-state index >= 15 is 0 Å². The standard InChI is InChI=1S/C11H26N2/c1-7-10(3)13(8-2)9-11(4,5)12-6/h10,12H,7-9H2,1-6H3. The molecule has 0 rings (SSSR count). The normalized spacial score (nSPS) is 15.0. The molecule has 13 heavy (non-hydrogen) atoms. The highest BCUT2D eigenvalue weighted by atomic mass is 15.2. The Hall–Kier alpha value is -0.0800. The molecule has 2 heteroatoms. The van der Waals surface area contributed by atoms with Crippen molar-refractivity contribution in [3.8, 4) is 0 Å². The van der Waals surface area contributed by atoms with Gasteiger partial charge in [0.1, 0.15) is 0 Å². The topological polar surface area (TPSA) is 15.3 Å². The van der Waals surface area contributed by atoms with Crippen LogP contribution in [0.2, 0.25) is 0 Å². The van der Waals surface area contributed by atoms with Gasteiger partial charge in [0.2, 0.25) is 0 Å². The predicted molar refractivity (Wildman–Crippen MR) is 60.1 cm³/mol. The van der Waals surface area contributed by atoms with E-state index in [-0.39, 0.29) is 5.54 Å². The lowest BCUT2D eigenvalue weighted by atomic mass is 10.0. The van der Waals surface area contributed by atoms with Crippen LogP contribution in [-0.2, 0) is 0 Å². The van der Waals surface area contributed by atoms with Crippen LogP contribution in [0.4, 0.5) is 0 Å². The number of hydrogen-bond donors (Lipinski definition) is 1. The van der Waals surface area contributed by atoms with Crippen LogP contribution in [0.15, 0.2) is 0 Å². The summed E-state index contributed by atoms with van der Waals surface area (Å²) in [7, 11) is 2.03. The summed E-state index contributed by atoms with van der Waals surface area (Å²) in [6.07, 6.45) is 1.23. The first-order valence-corrected chi connectivity index (χ1v) is 5.39. The van der Waals surface area contributed by atoms with Gasteiger partial charge in [0.15, 0.2) is 0 Å². The molecule has 0 aromatic carbocycles. The zero-order valence-electron chi connectivity index (χ0n) is 10.1. The Morgan fingerprint density at radius 1 is 1.31 bits per heavy atom. The van der Waals surface area contributed by atoms with Gasteiger partial charge in [-0.15, -0.1) is 0 Å². The fourth-order valence-corrected chi connectivity index (χ4v) is 1.42. The molecule has 0 saturated carbocycles. The number of hydrogen-bond acceptors (Lipinski definition) is 2. The first-order chi connectivity index (χ1) is 5.96. The van der Waals surface area contributed by atoms with Crippen LogP contribution >= 0.6 is 0 Å². The van der Waals surface area contributed by atoms with Gasteiger partial charge >= 0.3 is 0 Å². The van der Waals surface area contributed by atoms with Gasteiger partial charge in [0, 0.05) is 18.1 Å². The lowest BCUT2D eigenvalue weighted by Crippen LogP contribution is -2.49. The molecule has 0 aliphatic rings. The molecule has 0 saturated heterocycles. The van der Waals surface area contributed by atoms with Crippen LogP contribution in [0.1, 0.15) is 41.0 Å². The Morgan fingerprint density at radius 3 is 2.15 bits per heavy atom. The lowest BCUT2D eigenvalue weighted by molar-refractivity contribution is 0.164. The molecule has 0 spiro atoms. The highest BCUT2D eigenvalue weighted by Gasteiger charge is 2.20. The average Bonchev–Trinajstić information content (AvgIpc) is 2.13. The molecule has 80 valence electrons. The predicted octanol–water partition coefficient (Wildman–Crippen LogP) is 2.10. The minimum atomic E-state index is 0.222. The molecule has 1 N–H and O–H groups in total. The second kappa shape index (κ2) is 5.61. The fourth-order valence-electron chi connectivity index (χ4n) is 1.42. The van der Waals surface area contributed by atoms with Crippen LogP contribution in [-0.4, -0.2) is 36.6 Å². The minimum absolute atomic E-state index is 0.222. The van der Waals surface area contributed by atoms with Gasteiger partial charge in [-0.3, -0.25) is 4.90 Å². The monoisotopic (exact) mass is 186 g/mol. The van der Waals surface area contributed by atoms with Crippen molar-refractivity contribution in [2.45, 2.75) is 52.6 Å².